The Kier molecular flexibility index (Phi) is 5.41. The van der Waals surface area contributed by atoms with Crippen LogP contribution < -0.4 is 10.5 Å². The van der Waals surface area contributed by atoms with Crippen LogP contribution in [-0.2, 0) is 11.3 Å². The third-order valence-electron chi connectivity index (χ3n) is 3.71. The summed E-state index contributed by atoms with van der Waals surface area (Å²) < 4.78 is 5.77. The SMILES string of the molecule is CC(Oc1cccc(CN)c1)C(=O)N1CCCCCC1. The highest BCUT2D eigenvalue weighted by atomic mass is 16.5. The number of benzene rings is 1. The first kappa shape index (κ1) is 14.9. The van der Waals surface area contributed by atoms with E-state index in [1.54, 1.807) is 0 Å². The van der Waals surface area contributed by atoms with Gasteiger partial charge in [0.2, 0.25) is 0 Å². The summed E-state index contributed by atoms with van der Waals surface area (Å²) in [4.78, 5) is 14.3. The molecule has 2 N–H and O–H groups in total. The van der Waals surface area contributed by atoms with Crippen LogP contribution in [0.4, 0.5) is 0 Å². The van der Waals surface area contributed by atoms with Gasteiger partial charge in [0.25, 0.3) is 5.91 Å². The fourth-order valence-corrected chi connectivity index (χ4v) is 2.55. The number of amides is 1. The van der Waals surface area contributed by atoms with Gasteiger partial charge in [-0.2, -0.15) is 0 Å². The first-order chi connectivity index (χ1) is 9.70. The summed E-state index contributed by atoms with van der Waals surface area (Å²) in [7, 11) is 0. The topological polar surface area (TPSA) is 55.6 Å². The Morgan fingerprint density at radius 3 is 2.65 bits per heavy atom. The lowest BCUT2D eigenvalue weighted by Gasteiger charge is -2.24. The third kappa shape index (κ3) is 3.97. The van der Waals surface area contributed by atoms with Crippen LogP contribution in [0.2, 0.25) is 0 Å². The van der Waals surface area contributed by atoms with Crippen molar-refractivity contribution in [3.8, 4) is 5.75 Å². The van der Waals surface area contributed by atoms with E-state index in [9.17, 15) is 4.79 Å². The quantitative estimate of drug-likeness (QED) is 0.918. The highest BCUT2D eigenvalue weighted by molar-refractivity contribution is 5.80. The average molecular weight is 276 g/mol. The number of hydrogen-bond acceptors (Lipinski definition) is 3. The Balaban J connectivity index is 1.95. The van der Waals surface area contributed by atoms with Gasteiger partial charge < -0.3 is 15.4 Å². The number of likely N-dealkylation sites (tertiary alicyclic amines) is 1. The molecular weight excluding hydrogens is 252 g/mol. The zero-order chi connectivity index (χ0) is 14.4. The summed E-state index contributed by atoms with van der Waals surface area (Å²) in [5.41, 5.74) is 6.62. The molecule has 1 aromatic carbocycles. The van der Waals surface area contributed by atoms with E-state index in [0.29, 0.717) is 12.3 Å². The standard InChI is InChI=1S/C16H24N2O2/c1-13(16(19)18-9-4-2-3-5-10-18)20-15-8-6-7-14(11-15)12-17/h6-8,11,13H,2-5,9-10,12,17H2,1H3. The molecule has 1 saturated heterocycles. The summed E-state index contributed by atoms with van der Waals surface area (Å²) in [6.07, 6.45) is 4.19. The smallest absolute Gasteiger partial charge is 0.263 e. The molecule has 1 atom stereocenters. The van der Waals surface area contributed by atoms with Gasteiger partial charge in [-0.15, -0.1) is 0 Å². The molecule has 0 aliphatic carbocycles. The first-order valence-electron chi connectivity index (χ1n) is 7.45. The van der Waals surface area contributed by atoms with Crippen LogP contribution in [0.3, 0.4) is 0 Å². The van der Waals surface area contributed by atoms with E-state index in [1.165, 1.54) is 12.8 Å². The number of nitrogens with two attached hydrogens (primary N) is 1. The summed E-state index contributed by atoms with van der Waals surface area (Å²) in [6, 6.07) is 7.62. The molecular formula is C16H24N2O2. The Hall–Kier alpha value is -1.55. The molecule has 4 heteroatoms. The van der Waals surface area contributed by atoms with E-state index in [2.05, 4.69) is 0 Å². The molecule has 1 fully saturated rings. The van der Waals surface area contributed by atoms with Crippen molar-refractivity contribution < 1.29 is 9.53 Å². The molecule has 1 aliphatic rings. The second kappa shape index (κ2) is 7.29. The lowest BCUT2D eigenvalue weighted by molar-refractivity contribution is -0.137. The number of carbonyl (C=O) groups is 1. The van der Waals surface area contributed by atoms with Crippen molar-refractivity contribution in [1.82, 2.24) is 4.90 Å². The fraction of sp³-hybridized carbons (Fsp3) is 0.562. The van der Waals surface area contributed by atoms with Gasteiger partial charge in [0.1, 0.15) is 5.75 Å². The monoisotopic (exact) mass is 276 g/mol. The molecule has 0 spiro atoms. The summed E-state index contributed by atoms with van der Waals surface area (Å²) >= 11 is 0. The second-order valence-corrected chi connectivity index (χ2v) is 5.35. The Bertz CT molecular complexity index is 440. The minimum Gasteiger partial charge on any atom is -0.481 e. The third-order valence-corrected chi connectivity index (χ3v) is 3.71. The first-order valence-corrected chi connectivity index (χ1v) is 7.45. The minimum atomic E-state index is -0.443. The molecule has 110 valence electrons. The molecule has 0 bridgehead atoms. The molecule has 0 saturated carbocycles. The molecule has 4 nitrogen and oxygen atoms in total. The van der Waals surface area contributed by atoms with Crippen molar-refractivity contribution in [2.24, 2.45) is 5.73 Å². The van der Waals surface area contributed by atoms with Gasteiger partial charge in [0.05, 0.1) is 0 Å². The maximum atomic E-state index is 12.4. The normalized spacial score (nSPS) is 17.4. The van der Waals surface area contributed by atoms with Crippen LogP contribution in [0.15, 0.2) is 24.3 Å². The Morgan fingerprint density at radius 2 is 2.00 bits per heavy atom. The van der Waals surface area contributed by atoms with Gasteiger partial charge in [-0.1, -0.05) is 25.0 Å². The van der Waals surface area contributed by atoms with Crippen LogP contribution in [0.1, 0.15) is 38.2 Å². The van der Waals surface area contributed by atoms with E-state index in [4.69, 9.17) is 10.5 Å². The number of nitrogens with zero attached hydrogens (tertiary/aromatic N) is 1. The lowest BCUT2D eigenvalue weighted by Crippen LogP contribution is -2.41. The molecule has 0 aromatic heterocycles. The maximum Gasteiger partial charge on any atom is 0.263 e. The van der Waals surface area contributed by atoms with Crippen LogP contribution in [0, 0.1) is 0 Å². The van der Waals surface area contributed by atoms with Crippen molar-refractivity contribution >= 4 is 5.91 Å². The van der Waals surface area contributed by atoms with Crippen molar-refractivity contribution in [3.63, 3.8) is 0 Å². The molecule has 1 amide bonds. The predicted molar refractivity (Wildman–Crippen MR) is 79.5 cm³/mol. The van der Waals surface area contributed by atoms with E-state index in [0.717, 1.165) is 31.5 Å². The van der Waals surface area contributed by atoms with Gasteiger partial charge in [-0.05, 0) is 37.5 Å². The fourth-order valence-electron chi connectivity index (χ4n) is 2.55. The van der Waals surface area contributed by atoms with Gasteiger partial charge in [-0.25, -0.2) is 0 Å². The largest absolute Gasteiger partial charge is 0.481 e. The van der Waals surface area contributed by atoms with Gasteiger partial charge in [0.15, 0.2) is 6.10 Å². The van der Waals surface area contributed by atoms with Crippen LogP contribution in [0.25, 0.3) is 0 Å². The number of ether oxygens (including phenoxy) is 1. The molecule has 20 heavy (non-hydrogen) atoms. The van der Waals surface area contributed by atoms with Crippen molar-refractivity contribution in [1.29, 1.82) is 0 Å². The van der Waals surface area contributed by atoms with Gasteiger partial charge in [-0.3, -0.25) is 4.79 Å². The number of rotatable bonds is 4. The Morgan fingerprint density at radius 1 is 1.30 bits per heavy atom. The Labute approximate surface area is 120 Å². The van der Waals surface area contributed by atoms with E-state index >= 15 is 0 Å². The maximum absolute atomic E-state index is 12.4. The van der Waals surface area contributed by atoms with Crippen molar-refractivity contribution in [2.75, 3.05) is 13.1 Å². The molecule has 1 aliphatic heterocycles. The molecule has 1 aromatic rings. The highest BCUT2D eigenvalue weighted by Gasteiger charge is 2.22. The molecule has 1 unspecified atom stereocenters. The summed E-state index contributed by atoms with van der Waals surface area (Å²) in [6.45, 7) is 4.01. The molecule has 1 heterocycles. The second-order valence-electron chi connectivity index (χ2n) is 5.35. The van der Waals surface area contributed by atoms with Gasteiger partial charge >= 0.3 is 0 Å². The van der Waals surface area contributed by atoms with Gasteiger partial charge in [0, 0.05) is 19.6 Å². The number of hydrogen-bond donors (Lipinski definition) is 1. The average Bonchev–Trinajstić information content (AvgIpc) is 2.75. The van der Waals surface area contributed by atoms with E-state index < -0.39 is 6.10 Å². The van der Waals surface area contributed by atoms with Crippen LogP contribution >= 0.6 is 0 Å². The van der Waals surface area contributed by atoms with E-state index in [-0.39, 0.29) is 5.91 Å². The zero-order valence-electron chi connectivity index (χ0n) is 12.2. The predicted octanol–water partition coefficient (Wildman–Crippen LogP) is 2.32. The van der Waals surface area contributed by atoms with Crippen LogP contribution in [0.5, 0.6) is 5.75 Å². The van der Waals surface area contributed by atoms with E-state index in [1.807, 2.05) is 36.1 Å². The van der Waals surface area contributed by atoms with Crippen molar-refractivity contribution in [3.05, 3.63) is 29.8 Å². The van der Waals surface area contributed by atoms with Crippen molar-refractivity contribution in [2.45, 2.75) is 45.3 Å². The summed E-state index contributed by atoms with van der Waals surface area (Å²) in [5, 5.41) is 0. The highest BCUT2D eigenvalue weighted by Crippen LogP contribution is 2.17. The molecule has 2 rings (SSSR count). The molecule has 0 radical (unpaired) electrons. The summed E-state index contributed by atoms with van der Waals surface area (Å²) in [5.74, 6) is 0.800. The zero-order valence-corrected chi connectivity index (χ0v) is 12.2. The van der Waals surface area contributed by atoms with Crippen LogP contribution in [-0.4, -0.2) is 30.0 Å². The lowest BCUT2D eigenvalue weighted by atomic mass is 10.2. The number of carbonyl (C=O) groups excluding carboxylic acids is 1. The minimum absolute atomic E-state index is 0.0880.